The number of benzene rings is 2. The second-order valence-corrected chi connectivity index (χ2v) is 3.06. The SMILES string of the molecule is N=C(N)c1ccccc1.N=C=N.c1ccccc1. The fourth-order valence-corrected chi connectivity index (χ4v) is 1.00. The fraction of sp³-hybridized carbons (Fsp3) is 0. The number of nitrogen functional groups attached to an aromatic ring is 1. The van der Waals surface area contributed by atoms with E-state index in [-0.39, 0.29) is 5.84 Å². The van der Waals surface area contributed by atoms with Gasteiger partial charge in [0.25, 0.3) is 0 Å². The summed E-state index contributed by atoms with van der Waals surface area (Å²) < 4.78 is 0. The van der Waals surface area contributed by atoms with Crippen LogP contribution in [0, 0.1) is 16.2 Å². The summed E-state index contributed by atoms with van der Waals surface area (Å²) in [4.78, 5) is 0. The molecule has 2 aromatic carbocycles. The number of nitrogens with one attached hydrogen (secondary N) is 3. The summed E-state index contributed by atoms with van der Waals surface area (Å²) in [5.74, 6) is 0.121. The van der Waals surface area contributed by atoms with Crippen LogP contribution in [-0.4, -0.2) is 11.8 Å². The Kier molecular flexibility index (Phi) is 9.17. The number of rotatable bonds is 1. The van der Waals surface area contributed by atoms with Crippen molar-refractivity contribution in [3.8, 4) is 0 Å². The van der Waals surface area contributed by atoms with Gasteiger partial charge >= 0.3 is 0 Å². The van der Waals surface area contributed by atoms with E-state index in [1.54, 1.807) is 0 Å². The third kappa shape index (κ3) is 8.59. The third-order valence-electron chi connectivity index (χ3n) is 1.75. The highest BCUT2D eigenvalue weighted by molar-refractivity contribution is 5.94. The molecule has 0 atom stereocenters. The number of hydrogen-bond donors (Lipinski definition) is 4. The van der Waals surface area contributed by atoms with Gasteiger partial charge in [-0.1, -0.05) is 66.7 Å². The van der Waals surface area contributed by atoms with Crippen LogP contribution < -0.4 is 5.73 Å². The molecule has 0 saturated carbocycles. The Morgan fingerprint density at radius 1 is 0.778 bits per heavy atom. The monoisotopic (exact) mass is 240 g/mol. The molecule has 2 aromatic rings. The van der Waals surface area contributed by atoms with Crippen molar-refractivity contribution < 1.29 is 0 Å². The Balaban J connectivity index is 0.000000278. The lowest BCUT2D eigenvalue weighted by Crippen LogP contribution is -2.10. The van der Waals surface area contributed by atoms with Crippen LogP contribution in [0.15, 0.2) is 66.7 Å². The van der Waals surface area contributed by atoms with Gasteiger partial charge in [0.2, 0.25) is 0 Å². The minimum absolute atomic E-state index is 0.121. The fourth-order valence-electron chi connectivity index (χ4n) is 1.00. The Morgan fingerprint density at radius 2 is 1.06 bits per heavy atom. The first-order valence-corrected chi connectivity index (χ1v) is 5.20. The van der Waals surface area contributed by atoms with Gasteiger partial charge in [-0.25, -0.2) is 10.8 Å². The van der Waals surface area contributed by atoms with Gasteiger partial charge in [0, 0.05) is 5.56 Å². The molecule has 4 nitrogen and oxygen atoms in total. The Morgan fingerprint density at radius 3 is 1.28 bits per heavy atom. The minimum atomic E-state index is 0.121. The van der Waals surface area contributed by atoms with Crippen LogP contribution in [0.3, 0.4) is 0 Å². The summed E-state index contributed by atoms with van der Waals surface area (Å²) in [5, 5.41) is 18.3. The Hall–Kier alpha value is -2.71. The van der Waals surface area contributed by atoms with Crippen LogP contribution in [0.5, 0.6) is 0 Å². The van der Waals surface area contributed by atoms with E-state index < -0.39 is 0 Å². The van der Waals surface area contributed by atoms with Gasteiger partial charge in [0.05, 0.1) is 6.01 Å². The first-order chi connectivity index (χ1) is 8.72. The normalized spacial score (nSPS) is 7.56. The molecule has 0 amide bonds. The molecule has 5 N–H and O–H groups in total. The number of hydrogen-bond acceptors (Lipinski definition) is 3. The van der Waals surface area contributed by atoms with E-state index in [1.807, 2.05) is 66.7 Å². The van der Waals surface area contributed by atoms with E-state index in [0.29, 0.717) is 0 Å². The van der Waals surface area contributed by atoms with Gasteiger partial charge in [-0.3, -0.25) is 5.41 Å². The van der Waals surface area contributed by atoms with E-state index in [9.17, 15) is 0 Å². The Labute approximate surface area is 107 Å². The standard InChI is InChI=1S/C7H8N2.C6H6.CH2N2/c8-7(9)6-4-2-1-3-5-6;1-2-4-6-5-3-1;2-1-3/h1-5H,(H3,8,9);1-6H;2-3H. The van der Waals surface area contributed by atoms with Crippen LogP contribution in [0.4, 0.5) is 0 Å². The quantitative estimate of drug-likeness (QED) is 0.447. The molecule has 4 heteroatoms. The van der Waals surface area contributed by atoms with Crippen molar-refractivity contribution in [2.24, 2.45) is 5.73 Å². The molecule has 0 fully saturated rings. The number of amidine groups is 1. The molecule has 0 heterocycles. The predicted molar refractivity (Wildman–Crippen MR) is 74.3 cm³/mol. The van der Waals surface area contributed by atoms with Gasteiger partial charge in [0.1, 0.15) is 5.84 Å². The van der Waals surface area contributed by atoms with Gasteiger partial charge < -0.3 is 5.73 Å². The van der Waals surface area contributed by atoms with Crippen LogP contribution in [-0.2, 0) is 0 Å². The lowest BCUT2D eigenvalue weighted by molar-refractivity contribution is 1.42. The maximum atomic E-state index is 7.01. The highest BCUT2D eigenvalue weighted by Crippen LogP contribution is 1.94. The molecule has 0 aliphatic heterocycles. The van der Waals surface area contributed by atoms with Crippen LogP contribution in [0.2, 0.25) is 0 Å². The maximum Gasteiger partial charge on any atom is 0.122 e. The zero-order valence-corrected chi connectivity index (χ0v) is 9.93. The molecule has 2 rings (SSSR count). The minimum Gasteiger partial charge on any atom is -0.384 e. The molecule has 0 radical (unpaired) electrons. The molecule has 0 bridgehead atoms. The lowest BCUT2D eigenvalue weighted by atomic mass is 10.2. The molecule has 0 spiro atoms. The number of nitrogens with two attached hydrogens (primary N) is 1. The van der Waals surface area contributed by atoms with Crippen molar-refractivity contribution in [2.45, 2.75) is 0 Å². The maximum absolute atomic E-state index is 7.01. The molecular formula is C14H16N4. The van der Waals surface area contributed by atoms with Crippen LogP contribution >= 0.6 is 0 Å². The van der Waals surface area contributed by atoms with E-state index in [0.717, 1.165) is 5.56 Å². The van der Waals surface area contributed by atoms with Gasteiger partial charge in [-0.05, 0) is 0 Å². The van der Waals surface area contributed by atoms with Gasteiger partial charge in [-0.2, -0.15) is 0 Å². The summed E-state index contributed by atoms with van der Waals surface area (Å²) >= 11 is 0. The van der Waals surface area contributed by atoms with Crippen LogP contribution in [0.25, 0.3) is 0 Å². The zero-order chi connectivity index (χ0) is 13.6. The summed E-state index contributed by atoms with van der Waals surface area (Å²) in [5.41, 5.74) is 5.97. The highest BCUT2D eigenvalue weighted by Gasteiger charge is 1.89. The molecule has 18 heavy (non-hydrogen) atoms. The lowest BCUT2D eigenvalue weighted by Gasteiger charge is -1.93. The summed E-state index contributed by atoms with van der Waals surface area (Å²) in [6.07, 6.45) is 0. The Bertz CT molecular complexity index is 433. The molecular weight excluding hydrogens is 224 g/mol. The topological polar surface area (TPSA) is 97.6 Å². The second kappa shape index (κ2) is 10.8. The predicted octanol–water partition coefficient (Wildman–Crippen LogP) is 2.98. The van der Waals surface area contributed by atoms with E-state index in [2.05, 4.69) is 0 Å². The summed E-state index contributed by atoms with van der Waals surface area (Å²) in [6, 6.07) is 22.5. The first kappa shape index (κ1) is 15.3. The van der Waals surface area contributed by atoms with Crippen molar-refractivity contribution in [3.63, 3.8) is 0 Å². The highest BCUT2D eigenvalue weighted by atomic mass is 14.7. The van der Waals surface area contributed by atoms with E-state index in [4.69, 9.17) is 22.0 Å². The molecule has 0 unspecified atom stereocenters. The van der Waals surface area contributed by atoms with Crippen LogP contribution in [0.1, 0.15) is 5.56 Å². The first-order valence-electron chi connectivity index (χ1n) is 5.20. The third-order valence-corrected chi connectivity index (χ3v) is 1.75. The van der Waals surface area contributed by atoms with Crippen molar-refractivity contribution >= 4 is 11.8 Å². The average molecular weight is 240 g/mol. The van der Waals surface area contributed by atoms with Crippen molar-refractivity contribution in [1.29, 1.82) is 16.2 Å². The van der Waals surface area contributed by atoms with E-state index >= 15 is 0 Å². The molecule has 92 valence electrons. The van der Waals surface area contributed by atoms with Gasteiger partial charge in [-0.15, -0.1) is 0 Å². The van der Waals surface area contributed by atoms with Crippen molar-refractivity contribution in [2.75, 3.05) is 0 Å². The molecule has 0 aromatic heterocycles. The molecule has 0 aliphatic carbocycles. The van der Waals surface area contributed by atoms with E-state index in [1.165, 1.54) is 6.01 Å². The second-order valence-electron chi connectivity index (χ2n) is 3.06. The van der Waals surface area contributed by atoms with Gasteiger partial charge in [0.15, 0.2) is 0 Å². The average Bonchev–Trinajstić information content (AvgIpc) is 2.43. The van der Waals surface area contributed by atoms with Crippen molar-refractivity contribution in [3.05, 3.63) is 72.3 Å². The smallest absolute Gasteiger partial charge is 0.122 e. The largest absolute Gasteiger partial charge is 0.384 e. The zero-order valence-electron chi connectivity index (χ0n) is 9.93. The van der Waals surface area contributed by atoms with Crippen molar-refractivity contribution in [1.82, 2.24) is 0 Å². The summed E-state index contributed by atoms with van der Waals surface area (Å²) in [7, 11) is 0. The molecule has 0 aliphatic rings. The summed E-state index contributed by atoms with van der Waals surface area (Å²) in [6.45, 7) is 0. The molecule has 0 saturated heterocycles.